The van der Waals surface area contributed by atoms with Crippen LogP contribution in [0.5, 0.6) is 11.5 Å². The van der Waals surface area contributed by atoms with E-state index in [0.29, 0.717) is 28.5 Å². The second-order valence-corrected chi connectivity index (χ2v) is 6.29. The summed E-state index contributed by atoms with van der Waals surface area (Å²) in [4.78, 5) is 12.5. The SMILES string of the molecule is C[C@H](NC(=O)c1ccoc1C1CC1)[C@H](O)c1ccc2c(c1)OCO2. The first-order valence-corrected chi connectivity index (χ1v) is 8.09. The van der Waals surface area contributed by atoms with Crippen molar-refractivity contribution in [3.05, 3.63) is 47.4 Å². The number of carbonyl (C=O) groups excluding carboxylic acids is 1. The molecule has 0 bridgehead atoms. The number of benzene rings is 1. The largest absolute Gasteiger partial charge is 0.468 e. The zero-order valence-corrected chi connectivity index (χ0v) is 13.3. The summed E-state index contributed by atoms with van der Waals surface area (Å²) in [6.07, 6.45) is 2.81. The molecule has 1 saturated carbocycles. The lowest BCUT2D eigenvalue weighted by atomic mass is 10.0. The van der Waals surface area contributed by atoms with E-state index in [4.69, 9.17) is 13.9 Å². The summed E-state index contributed by atoms with van der Waals surface area (Å²) < 4.78 is 16.0. The maximum Gasteiger partial charge on any atom is 0.255 e. The van der Waals surface area contributed by atoms with E-state index in [-0.39, 0.29) is 12.7 Å². The number of rotatable bonds is 5. The Morgan fingerprint density at radius 2 is 2.04 bits per heavy atom. The van der Waals surface area contributed by atoms with E-state index in [2.05, 4.69) is 5.32 Å². The molecule has 0 unspecified atom stereocenters. The minimum atomic E-state index is -0.847. The highest BCUT2D eigenvalue weighted by atomic mass is 16.7. The summed E-state index contributed by atoms with van der Waals surface area (Å²) in [5.74, 6) is 2.15. The maximum atomic E-state index is 12.5. The van der Waals surface area contributed by atoms with Crippen molar-refractivity contribution in [1.82, 2.24) is 5.32 Å². The standard InChI is InChI=1S/C18H19NO5/c1-10(16(20)12-4-5-14-15(8-12)24-9-23-14)19-18(21)13-6-7-22-17(13)11-2-3-11/h4-8,10-11,16,20H,2-3,9H2,1H3,(H,19,21)/t10-,16-/m0/s1. The van der Waals surface area contributed by atoms with Crippen LogP contribution in [-0.4, -0.2) is 23.8 Å². The third kappa shape index (κ3) is 2.73. The fraction of sp³-hybridized carbons (Fsp3) is 0.389. The van der Waals surface area contributed by atoms with Crippen molar-refractivity contribution in [2.75, 3.05) is 6.79 Å². The molecule has 1 aliphatic heterocycles. The van der Waals surface area contributed by atoms with Crippen LogP contribution in [-0.2, 0) is 0 Å². The molecule has 126 valence electrons. The van der Waals surface area contributed by atoms with E-state index in [1.165, 1.54) is 0 Å². The monoisotopic (exact) mass is 329 g/mol. The highest BCUT2D eigenvalue weighted by Crippen LogP contribution is 2.42. The fourth-order valence-electron chi connectivity index (χ4n) is 2.92. The molecular formula is C18H19NO5. The smallest absolute Gasteiger partial charge is 0.255 e. The Morgan fingerprint density at radius 3 is 2.83 bits per heavy atom. The van der Waals surface area contributed by atoms with E-state index in [0.717, 1.165) is 18.6 Å². The summed E-state index contributed by atoms with van der Waals surface area (Å²) in [5, 5.41) is 13.4. The van der Waals surface area contributed by atoms with Crippen molar-refractivity contribution in [2.45, 2.75) is 37.8 Å². The van der Waals surface area contributed by atoms with Gasteiger partial charge in [0.15, 0.2) is 11.5 Å². The molecule has 2 atom stereocenters. The third-order valence-corrected chi connectivity index (χ3v) is 4.46. The highest BCUT2D eigenvalue weighted by Gasteiger charge is 2.32. The Kier molecular flexibility index (Phi) is 3.69. The van der Waals surface area contributed by atoms with Gasteiger partial charge in [0.2, 0.25) is 6.79 Å². The molecule has 2 aromatic rings. The van der Waals surface area contributed by atoms with Crippen LogP contribution in [0.3, 0.4) is 0 Å². The van der Waals surface area contributed by atoms with Crippen LogP contribution in [0, 0.1) is 0 Å². The molecule has 0 spiro atoms. The first kappa shape index (κ1) is 15.1. The minimum absolute atomic E-state index is 0.186. The van der Waals surface area contributed by atoms with Crippen molar-refractivity contribution >= 4 is 5.91 Å². The molecule has 6 nitrogen and oxygen atoms in total. The average molecular weight is 329 g/mol. The minimum Gasteiger partial charge on any atom is -0.468 e. The van der Waals surface area contributed by atoms with Crippen LogP contribution in [0.2, 0.25) is 0 Å². The van der Waals surface area contributed by atoms with Gasteiger partial charge in [-0.2, -0.15) is 0 Å². The first-order chi connectivity index (χ1) is 11.6. The Hall–Kier alpha value is -2.47. The number of nitrogens with one attached hydrogen (secondary N) is 1. The highest BCUT2D eigenvalue weighted by molar-refractivity contribution is 5.95. The summed E-state index contributed by atoms with van der Waals surface area (Å²) >= 11 is 0. The van der Waals surface area contributed by atoms with Gasteiger partial charge in [0.25, 0.3) is 5.91 Å². The van der Waals surface area contributed by atoms with Crippen LogP contribution in [0.15, 0.2) is 34.9 Å². The van der Waals surface area contributed by atoms with Crippen LogP contribution >= 0.6 is 0 Å². The van der Waals surface area contributed by atoms with Crippen molar-refractivity contribution in [1.29, 1.82) is 0 Å². The number of aliphatic hydroxyl groups excluding tert-OH is 1. The molecule has 2 N–H and O–H groups in total. The van der Waals surface area contributed by atoms with Gasteiger partial charge in [0.05, 0.1) is 24.0 Å². The van der Waals surface area contributed by atoms with Crippen molar-refractivity contribution in [3.8, 4) is 11.5 Å². The maximum absolute atomic E-state index is 12.5. The van der Waals surface area contributed by atoms with E-state index in [9.17, 15) is 9.90 Å². The fourth-order valence-corrected chi connectivity index (χ4v) is 2.92. The van der Waals surface area contributed by atoms with Gasteiger partial charge >= 0.3 is 0 Å². The molecule has 1 aromatic carbocycles. The van der Waals surface area contributed by atoms with Gasteiger partial charge in [-0.1, -0.05) is 6.07 Å². The summed E-state index contributed by atoms with van der Waals surface area (Å²) in [7, 11) is 0. The number of fused-ring (bicyclic) bond motifs is 1. The Balaban J connectivity index is 1.46. The molecule has 0 saturated heterocycles. The molecule has 6 heteroatoms. The average Bonchev–Trinajstić information content (AvgIpc) is 3.12. The number of amides is 1. The number of ether oxygens (including phenoxy) is 2. The summed E-state index contributed by atoms with van der Waals surface area (Å²) in [6, 6.07) is 6.50. The molecule has 2 heterocycles. The number of hydrogen-bond acceptors (Lipinski definition) is 5. The summed E-state index contributed by atoms with van der Waals surface area (Å²) in [5.41, 5.74) is 1.23. The van der Waals surface area contributed by atoms with Crippen LogP contribution in [0.25, 0.3) is 0 Å². The summed E-state index contributed by atoms with van der Waals surface area (Å²) in [6.45, 7) is 1.95. The van der Waals surface area contributed by atoms with Crippen LogP contribution in [0.1, 0.15) is 53.5 Å². The van der Waals surface area contributed by atoms with Crippen LogP contribution in [0.4, 0.5) is 0 Å². The zero-order valence-electron chi connectivity index (χ0n) is 13.3. The van der Waals surface area contributed by atoms with E-state index < -0.39 is 12.1 Å². The van der Waals surface area contributed by atoms with E-state index >= 15 is 0 Å². The van der Waals surface area contributed by atoms with Gasteiger partial charge in [0, 0.05) is 5.92 Å². The van der Waals surface area contributed by atoms with E-state index in [1.807, 2.05) is 0 Å². The lowest BCUT2D eigenvalue weighted by Gasteiger charge is -2.21. The van der Waals surface area contributed by atoms with Gasteiger partial charge in [-0.3, -0.25) is 4.79 Å². The predicted octanol–water partition coefficient (Wildman–Crippen LogP) is 2.74. The molecule has 1 amide bonds. The number of hydrogen-bond donors (Lipinski definition) is 2. The van der Waals surface area contributed by atoms with Crippen molar-refractivity contribution in [3.63, 3.8) is 0 Å². The molecule has 0 radical (unpaired) electrons. The van der Waals surface area contributed by atoms with Gasteiger partial charge in [0.1, 0.15) is 5.76 Å². The molecule has 4 rings (SSSR count). The van der Waals surface area contributed by atoms with Gasteiger partial charge < -0.3 is 24.3 Å². The lowest BCUT2D eigenvalue weighted by molar-refractivity contribution is 0.0850. The number of carbonyl (C=O) groups is 1. The Bertz CT molecular complexity index is 765. The molecule has 1 fully saturated rings. The second kappa shape index (κ2) is 5.87. The number of furan rings is 1. The Morgan fingerprint density at radius 1 is 1.25 bits per heavy atom. The lowest BCUT2D eigenvalue weighted by Crippen LogP contribution is -2.37. The molecule has 1 aromatic heterocycles. The Labute approximate surface area is 139 Å². The molecule has 1 aliphatic carbocycles. The van der Waals surface area contributed by atoms with Crippen LogP contribution < -0.4 is 14.8 Å². The van der Waals surface area contributed by atoms with Gasteiger partial charge in [-0.15, -0.1) is 0 Å². The quantitative estimate of drug-likeness (QED) is 0.881. The topological polar surface area (TPSA) is 80.9 Å². The van der Waals surface area contributed by atoms with Crippen molar-refractivity contribution < 1.29 is 23.8 Å². The van der Waals surface area contributed by atoms with Gasteiger partial charge in [-0.25, -0.2) is 0 Å². The normalized spacial score (nSPS) is 18.2. The number of aliphatic hydroxyl groups is 1. The molecule has 24 heavy (non-hydrogen) atoms. The molecule has 2 aliphatic rings. The predicted molar refractivity (Wildman–Crippen MR) is 85.1 cm³/mol. The van der Waals surface area contributed by atoms with Gasteiger partial charge in [-0.05, 0) is 43.5 Å². The first-order valence-electron chi connectivity index (χ1n) is 8.09. The van der Waals surface area contributed by atoms with Crippen molar-refractivity contribution in [2.24, 2.45) is 0 Å². The molecular weight excluding hydrogens is 310 g/mol. The second-order valence-electron chi connectivity index (χ2n) is 6.29. The third-order valence-electron chi connectivity index (χ3n) is 4.46. The van der Waals surface area contributed by atoms with E-state index in [1.54, 1.807) is 37.5 Å². The zero-order chi connectivity index (χ0) is 16.7.